The van der Waals surface area contributed by atoms with Crippen molar-refractivity contribution >= 4 is 11.6 Å². The van der Waals surface area contributed by atoms with Gasteiger partial charge in [0.1, 0.15) is 17.2 Å². The van der Waals surface area contributed by atoms with Crippen molar-refractivity contribution in [2.24, 2.45) is 0 Å². The molecule has 1 aromatic heterocycles. The first-order valence-corrected chi connectivity index (χ1v) is 8.32. The minimum atomic E-state index is -0.257. The van der Waals surface area contributed by atoms with E-state index in [0.29, 0.717) is 17.2 Å². The molecule has 3 rings (SSSR count). The Kier molecular flexibility index (Phi) is 5.38. The van der Waals surface area contributed by atoms with Crippen molar-refractivity contribution in [3.05, 3.63) is 41.7 Å². The van der Waals surface area contributed by atoms with E-state index >= 15 is 0 Å². The van der Waals surface area contributed by atoms with Gasteiger partial charge in [-0.1, -0.05) is 0 Å². The average Bonchev–Trinajstić information content (AvgIpc) is 2.66. The summed E-state index contributed by atoms with van der Waals surface area (Å²) in [6.45, 7) is -0.0726. The molecule has 0 radical (unpaired) electrons. The number of anilines is 1. The van der Waals surface area contributed by atoms with Gasteiger partial charge >= 0.3 is 0 Å². The van der Waals surface area contributed by atoms with Gasteiger partial charge in [-0.2, -0.15) is 0 Å². The topological polar surface area (TPSA) is 69.7 Å². The van der Waals surface area contributed by atoms with E-state index in [4.69, 9.17) is 14.2 Å². The van der Waals surface area contributed by atoms with Crippen LogP contribution >= 0.6 is 0 Å². The number of aryl methyl sites for hydroxylation is 1. The highest BCUT2D eigenvalue weighted by Crippen LogP contribution is 2.30. The number of hydrogen-bond acceptors (Lipinski definition) is 5. The number of carbonyl (C=O) groups excluding carboxylic acids is 1. The predicted molar refractivity (Wildman–Crippen MR) is 94.5 cm³/mol. The number of aromatic nitrogens is 1. The number of nitrogens with one attached hydrogen (secondary N) is 1. The molecule has 6 heteroatoms. The van der Waals surface area contributed by atoms with Gasteiger partial charge in [-0.25, -0.2) is 0 Å². The largest absolute Gasteiger partial charge is 0.497 e. The van der Waals surface area contributed by atoms with Crippen molar-refractivity contribution < 1.29 is 19.0 Å². The van der Waals surface area contributed by atoms with Crippen molar-refractivity contribution in [2.45, 2.75) is 25.7 Å². The lowest BCUT2D eigenvalue weighted by Gasteiger charge is -2.18. The zero-order valence-corrected chi connectivity index (χ0v) is 14.5. The fourth-order valence-electron chi connectivity index (χ4n) is 2.97. The molecule has 0 aliphatic heterocycles. The Morgan fingerprint density at radius 1 is 1.12 bits per heavy atom. The number of methoxy groups -OCH3 is 2. The van der Waals surface area contributed by atoms with Gasteiger partial charge in [0.05, 0.1) is 19.9 Å². The summed E-state index contributed by atoms with van der Waals surface area (Å²) in [5.74, 6) is 1.70. The molecule has 2 aromatic rings. The summed E-state index contributed by atoms with van der Waals surface area (Å²) in [5.41, 5.74) is 2.76. The first-order chi connectivity index (χ1) is 12.2. The molecule has 1 aromatic carbocycles. The second-order valence-electron chi connectivity index (χ2n) is 5.84. The predicted octanol–water partition coefficient (Wildman–Crippen LogP) is 3.00. The van der Waals surface area contributed by atoms with Crippen molar-refractivity contribution in [1.29, 1.82) is 0 Å². The molecule has 132 valence electrons. The van der Waals surface area contributed by atoms with E-state index in [1.54, 1.807) is 38.6 Å². The minimum Gasteiger partial charge on any atom is -0.497 e. The van der Waals surface area contributed by atoms with Crippen LogP contribution in [0.5, 0.6) is 17.2 Å². The maximum atomic E-state index is 12.3. The Labute approximate surface area is 147 Å². The second-order valence-corrected chi connectivity index (χ2v) is 5.84. The van der Waals surface area contributed by atoms with Gasteiger partial charge in [0.2, 0.25) is 0 Å². The van der Waals surface area contributed by atoms with Gasteiger partial charge < -0.3 is 19.5 Å². The molecule has 1 N–H and O–H groups in total. The highest BCUT2D eigenvalue weighted by Gasteiger charge is 2.16. The van der Waals surface area contributed by atoms with Crippen LogP contribution in [0.2, 0.25) is 0 Å². The van der Waals surface area contributed by atoms with Gasteiger partial charge in [-0.05, 0) is 43.9 Å². The van der Waals surface area contributed by atoms with Crippen LogP contribution in [0.4, 0.5) is 5.69 Å². The number of rotatable bonds is 6. The SMILES string of the molecule is COc1ccc(OC)c(NC(=O)COc2ccnc3c2CCCC3)c1. The van der Waals surface area contributed by atoms with E-state index in [-0.39, 0.29) is 12.5 Å². The van der Waals surface area contributed by atoms with E-state index in [9.17, 15) is 4.79 Å². The van der Waals surface area contributed by atoms with E-state index in [2.05, 4.69) is 10.3 Å². The normalized spacial score (nSPS) is 12.9. The van der Waals surface area contributed by atoms with Crippen LogP contribution in [-0.2, 0) is 17.6 Å². The quantitative estimate of drug-likeness (QED) is 0.874. The Hall–Kier alpha value is -2.76. The van der Waals surface area contributed by atoms with Crippen molar-refractivity contribution in [1.82, 2.24) is 4.98 Å². The molecule has 0 unspecified atom stereocenters. The van der Waals surface area contributed by atoms with Gasteiger partial charge in [-0.3, -0.25) is 9.78 Å². The number of fused-ring (bicyclic) bond motifs is 1. The molecule has 1 amide bonds. The summed E-state index contributed by atoms with van der Waals surface area (Å²) >= 11 is 0. The van der Waals surface area contributed by atoms with E-state index < -0.39 is 0 Å². The molecule has 0 bridgehead atoms. The van der Waals surface area contributed by atoms with E-state index in [0.717, 1.165) is 42.7 Å². The maximum Gasteiger partial charge on any atom is 0.262 e. The number of carbonyl (C=O) groups is 1. The van der Waals surface area contributed by atoms with Gasteiger partial charge in [-0.15, -0.1) is 0 Å². The highest BCUT2D eigenvalue weighted by atomic mass is 16.5. The summed E-state index contributed by atoms with van der Waals surface area (Å²) in [4.78, 5) is 16.7. The molecule has 0 atom stereocenters. The van der Waals surface area contributed by atoms with Crippen LogP contribution in [0, 0.1) is 0 Å². The molecular weight excluding hydrogens is 320 g/mol. The third-order valence-corrected chi connectivity index (χ3v) is 4.23. The third-order valence-electron chi connectivity index (χ3n) is 4.23. The van der Waals surface area contributed by atoms with Crippen LogP contribution in [-0.4, -0.2) is 31.7 Å². The zero-order chi connectivity index (χ0) is 17.6. The zero-order valence-electron chi connectivity index (χ0n) is 14.5. The second kappa shape index (κ2) is 7.88. The molecule has 0 saturated carbocycles. The molecule has 1 heterocycles. The molecule has 0 fully saturated rings. The summed E-state index contributed by atoms with van der Waals surface area (Å²) in [6.07, 6.45) is 5.94. The Balaban J connectivity index is 1.66. The van der Waals surface area contributed by atoms with Crippen molar-refractivity contribution in [3.63, 3.8) is 0 Å². The van der Waals surface area contributed by atoms with Crippen molar-refractivity contribution in [2.75, 3.05) is 26.1 Å². The van der Waals surface area contributed by atoms with Gasteiger partial charge in [0, 0.05) is 23.5 Å². The summed E-state index contributed by atoms with van der Waals surface area (Å²) in [7, 11) is 3.13. The van der Waals surface area contributed by atoms with E-state index in [1.165, 1.54) is 0 Å². The monoisotopic (exact) mass is 342 g/mol. The van der Waals surface area contributed by atoms with Crippen LogP contribution in [0.3, 0.4) is 0 Å². The number of amides is 1. The number of nitrogens with zero attached hydrogens (tertiary/aromatic N) is 1. The lowest BCUT2D eigenvalue weighted by Crippen LogP contribution is -2.21. The fraction of sp³-hybridized carbons (Fsp3) is 0.368. The van der Waals surface area contributed by atoms with Gasteiger partial charge in [0.15, 0.2) is 6.61 Å². The van der Waals surface area contributed by atoms with Crippen molar-refractivity contribution in [3.8, 4) is 17.2 Å². The molecule has 6 nitrogen and oxygen atoms in total. The third kappa shape index (κ3) is 4.02. The smallest absolute Gasteiger partial charge is 0.262 e. The Morgan fingerprint density at radius 2 is 1.96 bits per heavy atom. The summed E-state index contributed by atoms with van der Waals surface area (Å²) in [6, 6.07) is 7.05. The van der Waals surface area contributed by atoms with Crippen LogP contribution in [0.1, 0.15) is 24.1 Å². The van der Waals surface area contributed by atoms with Crippen LogP contribution < -0.4 is 19.5 Å². The number of benzene rings is 1. The molecule has 0 saturated heterocycles. The standard InChI is InChI=1S/C19H22N2O4/c1-23-13-7-8-18(24-2)16(11-13)21-19(22)12-25-17-9-10-20-15-6-4-3-5-14(15)17/h7-11H,3-6,12H2,1-2H3,(H,21,22). The van der Waals surface area contributed by atoms with Crippen LogP contribution in [0.15, 0.2) is 30.5 Å². The Bertz CT molecular complexity index is 761. The van der Waals surface area contributed by atoms with E-state index in [1.807, 2.05) is 6.07 Å². The fourth-order valence-corrected chi connectivity index (χ4v) is 2.97. The average molecular weight is 342 g/mol. The number of pyridine rings is 1. The highest BCUT2D eigenvalue weighted by molar-refractivity contribution is 5.93. The molecule has 0 spiro atoms. The lowest BCUT2D eigenvalue weighted by atomic mass is 9.95. The minimum absolute atomic E-state index is 0.0726. The molecular formula is C19H22N2O4. The summed E-state index contributed by atoms with van der Waals surface area (Å²) in [5, 5.41) is 2.80. The number of ether oxygens (including phenoxy) is 3. The first kappa shape index (κ1) is 17.1. The molecule has 25 heavy (non-hydrogen) atoms. The molecule has 1 aliphatic rings. The molecule has 1 aliphatic carbocycles. The lowest BCUT2D eigenvalue weighted by molar-refractivity contribution is -0.118. The maximum absolute atomic E-state index is 12.3. The number of hydrogen-bond donors (Lipinski definition) is 1. The Morgan fingerprint density at radius 3 is 2.76 bits per heavy atom. The first-order valence-electron chi connectivity index (χ1n) is 8.32. The van der Waals surface area contributed by atoms with Crippen LogP contribution in [0.25, 0.3) is 0 Å². The summed E-state index contributed by atoms with van der Waals surface area (Å²) < 4.78 is 16.2. The van der Waals surface area contributed by atoms with Gasteiger partial charge in [0.25, 0.3) is 5.91 Å².